The molecule has 0 aromatic heterocycles. The lowest BCUT2D eigenvalue weighted by molar-refractivity contribution is 0.578. The van der Waals surface area contributed by atoms with Crippen LogP contribution in [0.2, 0.25) is 0 Å². The van der Waals surface area contributed by atoms with Crippen LogP contribution in [0.15, 0.2) is 30.3 Å². The number of piperidine rings is 1. The molecule has 0 saturated carbocycles. The Morgan fingerprint density at radius 3 is 2.10 bits per heavy atom. The molecule has 3 rings (SSSR count). The molecular formula is C17H15N3. The molecule has 1 saturated heterocycles. The summed E-state index contributed by atoms with van der Waals surface area (Å²) in [5.41, 5.74) is 2.12. The fourth-order valence-electron chi connectivity index (χ4n) is 2.82. The van der Waals surface area contributed by atoms with Gasteiger partial charge in [-0.25, -0.2) is 0 Å². The normalized spacial score (nSPS) is 14.8. The van der Waals surface area contributed by atoms with Gasteiger partial charge >= 0.3 is 0 Å². The third-order valence-corrected chi connectivity index (χ3v) is 3.92. The van der Waals surface area contributed by atoms with Crippen molar-refractivity contribution >= 4 is 16.5 Å². The van der Waals surface area contributed by atoms with E-state index in [2.05, 4.69) is 29.2 Å². The molecule has 0 N–H and O–H groups in total. The minimum Gasteiger partial charge on any atom is -0.372 e. The summed E-state index contributed by atoms with van der Waals surface area (Å²) in [6.45, 7) is 2.21. The first-order chi connectivity index (χ1) is 9.81. The predicted octanol–water partition coefficient (Wildman–Crippen LogP) is 3.57. The topological polar surface area (TPSA) is 50.8 Å². The van der Waals surface area contributed by atoms with Crippen LogP contribution in [-0.2, 0) is 0 Å². The predicted molar refractivity (Wildman–Crippen MR) is 79.4 cm³/mol. The van der Waals surface area contributed by atoms with Crippen LogP contribution in [0.5, 0.6) is 0 Å². The van der Waals surface area contributed by atoms with Crippen molar-refractivity contribution in [1.82, 2.24) is 0 Å². The maximum absolute atomic E-state index is 9.12. The Kier molecular flexibility index (Phi) is 3.27. The van der Waals surface area contributed by atoms with Gasteiger partial charge in [-0.1, -0.05) is 6.07 Å². The van der Waals surface area contributed by atoms with Gasteiger partial charge in [0.25, 0.3) is 0 Å². The monoisotopic (exact) mass is 261 g/mol. The Balaban J connectivity index is 2.07. The second-order valence-corrected chi connectivity index (χ2v) is 5.20. The molecule has 1 aliphatic heterocycles. The molecule has 0 spiro atoms. The lowest BCUT2D eigenvalue weighted by Crippen LogP contribution is -2.29. The van der Waals surface area contributed by atoms with Gasteiger partial charge in [-0.15, -0.1) is 0 Å². The lowest BCUT2D eigenvalue weighted by Gasteiger charge is -2.29. The molecule has 0 aliphatic carbocycles. The van der Waals surface area contributed by atoms with Crippen LogP contribution >= 0.6 is 0 Å². The van der Waals surface area contributed by atoms with Gasteiger partial charge < -0.3 is 4.90 Å². The lowest BCUT2D eigenvalue weighted by atomic mass is 10.0. The van der Waals surface area contributed by atoms with E-state index in [0.717, 1.165) is 23.9 Å². The van der Waals surface area contributed by atoms with Gasteiger partial charge in [0.1, 0.15) is 12.1 Å². The Labute approximate surface area is 118 Å². The number of rotatable bonds is 1. The van der Waals surface area contributed by atoms with E-state index in [9.17, 15) is 0 Å². The van der Waals surface area contributed by atoms with Gasteiger partial charge in [-0.2, -0.15) is 10.5 Å². The largest absolute Gasteiger partial charge is 0.372 e. The van der Waals surface area contributed by atoms with Gasteiger partial charge in [0.05, 0.1) is 11.1 Å². The summed E-state index contributed by atoms with van der Waals surface area (Å²) in [7, 11) is 0. The van der Waals surface area contributed by atoms with E-state index >= 15 is 0 Å². The quantitative estimate of drug-likeness (QED) is 0.788. The summed E-state index contributed by atoms with van der Waals surface area (Å²) in [4.78, 5) is 2.40. The van der Waals surface area contributed by atoms with E-state index < -0.39 is 0 Å². The zero-order valence-electron chi connectivity index (χ0n) is 11.3. The maximum Gasteiger partial charge on any atom is 0.101 e. The van der Waals surface area contributed by atoms with Crippen LogP contribution in [0.25, 0.3) is 10.8 Å². The van der Waals surface area contributed by atoms with Crippen LogP contribution < -0.4 is 4.90 Å². The smallest absolute Gasteiger partial charge is 0.101 e. The minimum absolute atomic E-state index is 0.450. The highest BCUT2D eigenvalue weighted by Gasteiger charge is 2.12. The molecular weight excluding hydrogens is 246 g/mol. The summed E-state index contributed by atoms with van der Waals surface area (Å²) in [5, 5.41) is 20.2. The van der Waals surface area contributed by atoms with Crippen molar-refractivity contribution in [3.8, 4) is 12.1 Å². The molecule has 0 unspecified atom stereocenters. The van der Waals surface area contributed by atoms with Crippen molar-refractivity contribution in [2.24, 2.45) is 0 Å². The van der Waals surface area contributed by atoms with Crippen LogP contribution in [0.3, 0.4) is 0 Å². The van der Waals surface area contributed by atoms with E-state index in [0.29, 0.717) is 11.1 Å². The molecule has 1 fully saturated rings. The molecule has 0 amide bonds. The molecule has 0 radical (unpaired) electrons. The van der Waals surface area contributed by atoms with Gasteiger partial charge in [0.2, 0.25) is 0 Å². The maximum atomic E-state index is 9.12. The van der Waals surface area contributed by atoms with Crippen LogP contribution in [-0.4, -0.2) is 13.1 Å². The molecule has 1 aliphatic rings. The highest BCUT2D eigenvalue weighted by molar-refractivity contribution is 5.88. The van der Waals surface area contributed by atoms with E-state index in [1.54, 1.807) is 6.07 Å². The van der Waals surface area contributed by atoms with Crippen molar-refractivity contribution in [3.63, 3.8) is 0 Å². The Morgan fingerprint density at radius 1 is 0.800 bits per heavy atom. The number of anilines is 1. The minimum atomic E-state index is 0.450. The van der Waals surface area contributed by atoms with Gasteiger partial charge in [0, 0.05) is 18.8 Å². The first-order valence-corrected chi connectivity index (χ1v) is 6.95. The molecule has 2 aromatic rings. The molecule has 3 heteroatoms. The summed E-state index contributed by atoms with van der Waals surface area (Å²) in [6, 6.07) is 14.1. The van der Waals surface area contributed by atoms with E-state index in [4.69, 9.17) is 10.5 Å². The average Bonchev–Trinajstić information content (AvgIpc) is 2.53. The molecule has 0 atom stereocenters. The van der Waals surface area contributed by atoms with Crippen LogP contribution in [0.4, 0.5) is 5.69 Å². The Bertz CT molecular complexity index is 728. The summed E-state index contributed by atoms with van der Waals surface area (Å²) in [6.07, 6.45) is 3.80. The molecule has 0 bridgehead atoms. The van der Waals surface area contributed by atoms with Crippen molar-refractivity contribution in [2.75, 3.05) is 18.0 Å². The fraction of sp³-hybridized carbons (Fsp3) is 0.294. The summed E-state index contributed by atoms with van der Waals surface area (Å²) >= 11 is 0. The zero-order valence-corrected chi connectivity index (χ0v) is 11.3. The van der Waals surface area contributed by atoms with Crippen molar-refractivity contribution < 1.29 is 0 Å². The van der Waals surface area contributed by atoms with Crippen LogP contribution in [0.1, 0.15) is 30.4 Å². The van der Waals surface area contributed by atoms with Crippen LogP contribution in [0, 0.1) is 22.7 Å². The van der Waals surface area contributed by atoms with Gasteiger partial charge in [-0.05, 0) is 54.3 Å². The molecule has 20 heavy (non-hydrogen) atoms. The first kappa shape index (κ1) is 12.5. The standard InChI is InChI=1S/C17H15N3/c18-11-15-8-13-4-5-17(20-6-2-1-3-7-20)10-14(13)9-16(15)12-19/h4-5,8-10H,1-3,6-7H2. The third kappa shape index (κ3) is 2.19. The molecule has 2 aromatic carbocycles. The summed E-state index contributed by atoms with van der Waals surface area (Å²) < 4.78 is 0. The van der Waals surface area contributed by atoms with E-state index in [-0.39, 0.29) is 0 Å². The van der Waals surface area contributed by atoms with Crippen molar-refractivity contribution in [3.05, 3.63) is 41.5 Å². The second-order valence-electron chi connectivity index (χ2n) is 5.20. The third-order valence-electron chi connectivity index (χ3n) is 3.92. The number of fused-ring (bicyclic) bond motifs is 1. The zero-order chi connectivity index (χ0) is 13.9. The number of nitriles is 2. The Hall–Kier alpha value is -2.52. The summed E-state index contributed by atoms with van der Waals surface area (Å²) in [5.74, 6) is 0. The highest BCUT2D eigenvalue weighted by atomic mass is 15.1. The number of hydrogen-bond acceptors (Lipinski definition) is 3. The van der Waals surface area contributed by atoms with Gasteiger partial charge in [0.15, 0.2) is 0 Å². The Morgan fingerprint density at radius 2 is 1.45 bits per heavy atom. The number of benzene rings is 2. The van der Waals surface area contributed by atoms with E-state index in [1.165, 1.54) is 24.9 Å². The first-order valence-electron chi connectivity index (χ1n) is 6.95. The molecule has 98 valence electrons. The molecule has 3 nitrogen and oxygen atoms in total. The fourth-order valence-corrected chi connectivity index (χ4v) is 2.82. The number of hydrogen-bond donors (Lipinski definition) is 0. The molecule has 1 heterocycles. The van der Waals surface area contributed by atoms with Crippen molar-refractivity contribution in [2.45, 2.75) is 19.3 Å². The highest BCUT2D eigenvalue weighted by Crippen LogP contribution is 2.26. The SMILES string of the molecule is N#Cc1cc2ccc(N3CCCCC3)cc2cc1C#N. The second kappa shape index (κ2) is 5.23. The average molecular weight is 261 g/mol. The number of nitrogens with zero attached hydrogens (tertiary/aromatic N) is 3. The van der Waals surface area contributed by atoms with Crippen molar-refractivity contribution in [1.29, 1.82) is 10.5 Å². The van der Waals surface area contributed by atoms with Gasteiger partial charge in [-0.3, -0.25) is 0 Å². The van der Waals surface area contributed by atoms with E-state index in [1.807, 2.05) is 12.1 Å².